The van der Waals surface area contributed by atoms with Crippen LogP contribution in [0.2, 0.25) is 0 Å². The summed E-state index contributed by atoms with van der Waals surface area (Å²) in [4.78, 5) is 26.5. The van der Waals surface area contributed by atoms with Crippen molar-refractivity contribution >= 4 is 21.7 Å². The molecule has 1 aliphatic carbocycles. The quantitative estimate of drug-likeness (QED) is 0.752. The maximum atomic E-state index is 13.3. The van der Waals surface area contributed by atoms with Crippen molar-refractivity contribution in [1.82, 2.24) is 4.90 Å². The molecule has 0 radical (unpaired) electrons. The fourth-order valence-corrected chi connectivity index (χ4v) is 6.27. The van der Waals surface area contributed by atoms with E-state index in [4.69, 9.17) is 0 Å². The number of rotatable bonds is 5. The smallest absolute Gasteiger partial charge is 0.309 e. The van der Waals surface area contributed by atoms with Crippen molar-refractivity contribution in [2.24, 2.45) is 10.8 Å². The number of halogens is 1. The molecule has 0 spiro atoms. The van der Waals surface area contributed by atoms with E-state index < -0.39 is 37.7 Å². The van der Waals surface area contributed by atoms with Crippen LogP contribution in [-0.4, -0.2) is 48.6 Å². The monoisotopic (exact) mass is 411 g/mol. The van der Waals surface area contributed by atoms with Crippen LogP contribution in [0.5, 0.6) is 0 Å². The highest BCUT2D eigenvalue weighted by atomic mass is 32.2. The van der Waals surface area contributed by atoms with Crippen LogP contribution in [-0.2, 0) is 19.4 Å². The van der Waals surface area contributed by atoms with E-state index in [1.807, 2.05) is 6.92 Å². The first kappa shape index (κ1) is 20.8. The highest BCUT2D eigenvalue weighted by Gasteiger charge is 2.54. The third kappa shape index (κ3) is 3.43. The minimum atomic E-state index is -3.66. The summed E-state index contributed by atoms with van der Waals surface area (Å²) >= 11 is 0. The van der Waals surface area contributed by atoms with E-state index in [-0.39, 0.29) is 23.8 Å². The number of sulfone groups is 1. The van der Waals surface area contributed by atoms with Crippen molar-refractivity contribution in [2.75, 3.05) is 13.1 Å². The maximum Gasteiger partial charge on any atom is 0.309 e. The van der Waals surface area contributed by atoms with Gasteiger partial charge in [0, 0.05) is 13.1 Å². The van der Waals surface area contributed by atoms with Crippen molar-refractivity contribution in [3.05, 3.63) is 30.1 Å². The van der Waals surface area contributed by atoms with Crippen LogP contribution in [0.3, 0.4) is 0 Å². The highest BCUT2D eigenvalue weighted by Crippen LogP contribution is 2.52. The molecular weight excluding hydrogens is 385 g/mol. The van der Waals surface area contributed by atoms with Crippen molar-refractivity contribution < 1.29 is 27.5 Å². The molecule has 1 saturated carbocycles. The Labute approximate surface area is 164 Å². The number of amides is 1. The van der Waals surface area contributed by atoms with Crippen LogP contribution in [0.25, 0.3) is 0 Å². The number of aliphatic carboxylic acids is 1. The average Bonchev–Trinajstić information content (AvgIpc) is 3.28. The number of benzene rings is 1. The standard InChI is InChI=1S/C20H26FNO5S/c1-3-20(10-9-19(2,13-20)18(24)25)17(23)22-11-8-16(12-22)28(26,27)15-6-4-14(21)5-7-15/h4-7,16H,3,8-13H2,1-2H3,(H,24,25). The first-order valence-electron chi connectivity index (χ1n) is 9.56. The van der Waals surface area contributed by atoms with E-state index in [1.165, 1.54) is 12.1 Å². The molecule has 3 unspecified atom stereocenters. The van der Waals surface area contributed by atoms with Gasteiger partial charge >= 0.3 is 5.97 Å². The van der Waals surface area contributed by atoms with Gasteiger partial charge in [0.2, 0.25) is 5.91 Å². The Morgan fingerprint density at radius 2 is 1.89 bits per heavy atom. The van der Waals surface area contributed by atoms with Gasteiger partial charge in [0.1, 0.15) is 5.82 Å². The van der Waals surface area contributed by atoms with Crippen molar-refractivity contribution in [1.29, 1.82) is 0 Å². The van der Waals surface area contributed by atoms with Crippen LogP contribution < -0.4 is 0 Å². The van der Waals surface area contributed by atoms with E-state index in [0.29, 0.717) is 32.2 Å². The second-order valence-electron chi connectivity index (χ2n) is 8.34. The summed E-state index contributed by atoms with van der Waals surface area (Å²) < 4.78 is 38.8. The lowest BCUT2D eigenvalue weighted by atomic mass is 9.77. The summed E-state index contributed by atoms with van der Waals surface area (Å²) in [5, 5.41) is 8.78. The molecule has 0 aromatic heterocycles. The molecule has 1 saturated heterocycles. The molecule has 1 amide bonds. The lowest BCUT2D eigenvalue weighted by Gasteiger charge is -2.32. The predicted octanol–water partition coefficient (Wildman–Crippen LogP) is 2.87. The summed E-state index contributed by atoms with van der Waals surface area (Å²) in [6, 6.07) is 4.72. The van der Waals surface area contributed by atoms with E-state index in [2.05, 4.69) is 0 Å². The van der Waals surface area contributed by atoms with Gasteiger partial charge in [-0.2, -0.15) is 0 Å². The lowest BCUT2D eigenvalue weighted by molar-refractivity contribution is -0.149. The topological polar surface area (TPSA) is 91.8 Å². The van der Waals surface area contributed by atoms with Crippen molar-refractivity contribution in [2.45, 2.75) is 56.1 Å². The molecule has 8 heteroatoms. The first-order chi connectivity index (χ1) is 13.0. The van der Waals surface area contributed by atoms with E-state index in [1.54, 1.807) is 11.8 Å². The Morgan fingerprint density at radius 1 is 1.25 bits per heavy atom. The van der Waals surface area contributed by atoms with Crippen LogP contribution >= 0.6 is 0 Å². The Hall–Kier alpha value is -1.96. The number of carboxylic acids is 1. The second-order valence-corrected chi connectivity index (χ2v) is 10.6. The number of carbonyl (C=O) groups excluding carboxylic acids is 1. The molecule has 3 atom stereocenters. The number of hydrogen-bond donors (Lipinski definition) is 1. The minimum absolute atomic E-state index is 0.0534. The van der Waals surface area contributed by atoms with Crippen LogP contribution in [0.1, 0.15) is 46.0 Å². The molecule has 1 aromatic rings. The summed E-state index contributed by atoms with van der Waals surface area (Å²) in [5.41, 5.74) is -1.67. The van der Waals surface area contributed by atoms with Gasteiger partial charge in [-0.25, -0.2) is 12.8 Å². The zero-order valence-corrected chi connectivity index (χ0v) is 17.0. The Balaban J connectivity index is 1.77. The van der Waals surface area contributed by atoms with Gasteiger partial charge in [0.25, 0.3) is 0 Å². The molecule has 1 aliphatic heterocycles. The highest BCUT2D eigenvalue weighted by molar-refractivity contribution is 7.92. The zero-order chi connectivity index (χ0) is 20.7. The maximum absolute atomic E-state index is 13.3. The molecule has 6 nitrogen and oxygen atoms in total. The first-order valence-corrected chi connectivity index (χ1v) is 11.1. The van der Waals surface area contributed by atoms with E-state index >= 15 is 0 Å². The van der Waals surface area contributed by atoms with E-state index in [9.17, 15) is 27.5 Å². The summed E-state index contributed by atoms with van der Waals surface area (Å²) in [6.07, 6.45) is 2.06. The molecule has 2 aliphatic rings. The van der Waals surface area contributed by atoms with Crippen molar-refractivity contribution in [3.63, 3.8) is 0 Å². The molecule has 1 N–H and O–H groups in total. The molecule has 1 aromatic carbocycles. The van der Waals surface area contributed by atoms with Crippen LogP contribution in [0.15, 0.2) is 29.2 Å². The van der Waals surface area contributed by atoms with Gasteiger partial charge < -0.3 is 10.0 Å². The lowest BCUT2D eigenvalue weighted by Crippen LogP contribution is -2.43. The van der Waals surface area contributed by atoms with E-state index in [0.717, 1.165) is 12.1 Å². The largest absolute Gasteiger partial charge is 0.481 e. The molecule has 2 fully saturated rings. The molecule has 154 valence electrons. The Morgan fingerprint density at radius 3 is 2.43 bits per heavy atom. The Bertz CT molecular complexity index is 884. The molecule has 3 rings (SSSR count). The molecule has 1 heterocycles. The molecule has 0 bridgehead atoms. The van der Waals surface area contributed by atoms with Gasteiger partial charge in [-0.05, 0) is 63.3 Å². The minimum Gasteiger partial charge on any atom is -0.481 e. The van der Waals surface area contributed by atoms with Crippen LogP contribution in [0, 0.1) is 16.6 Å². The summed E-state index contributed by atoms with van der Waals surface area (Å²) in [7, 11) is -3.66. The number of carbonyl (C=O) groups is 2. The van der Waals surface area contributed by atoms with Gasteiger partial charge in [-0.1, -0.05) is 6.92 Å². The van der Waals surface area contributed by atoms with Gasteiger partial charge in [0.15, 0.2) is 9.84 Å². The second kappa shape index (κ2) is 7.13. The third-order valence-electron chi connectivity index (χ3n) is 6.54. The zero-order valence-electron chi connectivity index (χ0n) is 16.2. The van der Waals surface area contributed by atoms with Gasteiger partial charge in [-0.3, -0.25) is 9.59 Å². The Kier molecular flexibility index (Phi) is 5.29. The number of nitrogens with zero attached hydrogens (tertiary/aromatic N) is 1. The molecule has 28 heavy (non-hydrogen) atoms. The average molecular weight is 411 g/mol. The fraction of sp³-hybridized carbons (Fsp3) is 0.600. The fourth-order valence-electron chi connectivity index (χ4n) is 4.57. The summed E-state index contributed by atoms with van der Waals surface area (Å²) in [6.45, 7) is 3.97. The van der Waals surface area contributed by atoms with Crippen LogP contribution in [0.4, 0.5) is 4.39 Å². The molecular formula is C20H26FNO5S. The van der Waals surface area contributed by atoms with Gasteiger partial charge in [0.05, 0.1) is 21.0 Å². The normalized spacial score (nSPS) is 30.5. The van der Waals surface area contributed by atoms with Gasteiger partial charge in [-0.15, -0.1) is 0 Å². The number of likely N-dealkylation sites (tertiary alicyclic amines) is 1. The third-order valence-corrected chi connectivity index (χ3v) is 8.74. The predicted molar refractivity (Wildman–Crippen MR) is 101 cm³/mol. The number of hydrogen-bond acceptors (Lipinski definition) is 4. The number of carboxylic acid groups (broad SMARTS) is 1. The van der Waals surface area contributed by atoms with Crippen molar-refractivity contribution in [3.8, 4) is 0 Å². The summed E-state index contributed by atoms with van der Waals surface area (Å²) in [5.74, 6) is -1.54. The SMILES string of the molecule is CCC1(C(=O)N2CCC(S(=O)(=O)c3ccc(F)cc3)C2)CCC(C)(C(=O)O)C1.